The fourth-order valence-corrected chi connectivity index (χ4v) is 2.26. The van der Waals surface area contributed by atoms with Crippen molar-refractivity contribution in [3.63, 3.8) is 0 Å². The predicted octanol–water partition coefficient (Wildman–Crippen LogP) is 3.50. The fraction of sp³-hybridized carbons (Fsp3) is 0.500. The van der Waals surface area contributed by atoms with Gasteiger partial charge in [0, 0.05) is 16.5 Å². The Bertz CT molecular complexity index is 284. The molecule has 0 spiro atoms. The number of rotatable bonds is 5. The molecule has 0 amide bonds. The Balaban J connectivity index is 2.50. The van der Waals surface area contributed by atoms with E-state index in [0.717, 1.165) is 0 Å². The van der Waals surface area contributed by atoms with E-state index in [1.54, 1.807) is 11.8 Å². The Morgan fingerprint density at radius 1 is 1.27 bits per heavy atom. The molecule has 1 N–H and O–H groups in total. The van der Waals surface area contributed by atoms with E-state index in [4.69, 9.17) is 11.6 Å². The second-order valence-corrected chi connectivity index (χ2v) is 5.24. The van der Waals surface area contributed by atoms with Crippen LogP contribution in [0.4, 0.5) is 0 Å². The molecule has 1 unspecified atom stereocenters. The summed E-state index contributed by atoms with van der Waals surface area (Å²) in [7, 11) is 0. The van der Waals surface area contributed by atoms with E-state index in [0.29, 0.717) is 17.6 Å². The Morgan fingerprint density at radius 2 is 1.87 bits per heavy atom. The minimum atomic E-state index is -0.415. The molecule has 1 nitrogen and oxygen atoms in total. The number of hydrogen-bond acceptors (Lipinski definition) is 2. The van der Waals surface area contributed by atoms with Crippen LogP contribution in [-0.2, 0) is 0 Å². The Labute approximate surface area is 101 Å². The van der Waals surface area contributed by atoms with E-state index in [1.165, 1.54) is 10.5 Å². The maximum atomic E-state index is 9.31. The number of benzene rings is 1. The first-order valence-electron chi connectivity index (χ1n) is 5.10. The standard InChI is InChI=1S/C12H17ClOS/c1-9(2)10-3-5-12(6-4-10)15-8-11(14)7-13/h3-6,9,11,14H,7-8H2,1-2H3. The van der Waals surface area contributed by atoms with Crippen LogP contribution in [0.15, 0.2) is 29.2 Å². The summed E-state index contributed by atoms with van der Waals surface area (Å²) in [4.78, 5) is 1.18. The van der Waals surface area contributed by atoms with E-state index >= 15 is 0 Å². The molecule has 1 aromatic carbocycles. The Morgan fingerprint density at radius 3 is 2.33 bits per heavy atom. The lowest BCUT2D eigenvalue weighted by molar-refractivity contribution is 0.223. The number of aliphatic hydroxyl groups excluding tert-OH is 1. The van der Waals surface area contributed by atoms with Gasteiger partial charge in [-0.25, -0.2) is 0 Å². The van der Waals surface area contributed by atoms with Gasteiger partial charge in [-0.05, 0) is 23.6 Å². The minimum Gasteiger partial charge on any atom is -0.391 e. The lowest BCUT2D eigenvalue weighted by Crippen LogP contribution is -2.10. The van der Waals surface area contributed by atoms with Crippen LogP contribution < -0.4 is 0 Å². The first-order chi connectivity index (χ1) is 7.13. The monoisotopic (exact) mass is 244 g/mol. The maximum absolute atomic E-state index is 9.31. The van der Waals surface area contributed by atoms with Crippen LogP contribution in [0, 0.1) is 0 Å². The molecule has 0 aliphatic rings. The van der Waals surface area contributed by atoms with Crippen LogP contribution in [0.5, 0.6) is 0 Å². The molecule has 1 rings (SSSR count). The molecule has 1 aromatic rings. The van der Waals surface area contributed by atoms with Gasteiger partial charge in [0.2, 0.25) is 0 Å². The van der Waals surface area contributed by atoms with Crippen molar-refractivity contribution in [2.45, 2.75) is 30.8 Å². The highest BCUT2D eigenvalue weighted by atomic mass is 35.5. The second kappa shape index (κ2) is 6.41. The minimum absolute atomic E-state index is 0.303. The molecule has 0 saturated carbocycles. The average molecular weight is 245 g/mol. The van der Waals surface area contributed by atoms with Gasteiger partial charge in [0.15, 0.2) is 0 Å². The molecular formula is C12H17ClOS. The highest BCUT2D eigenvalue weighted by molar-refractivity contribution is 7.99. The maximum Gasteiger partial charge on any atom is 0.0769 e. The third kappa shape index (κ3) is 4.45. The van der Waals surface area contributed by atoms with Crippen molar-refractivity contribution < 1.29 is 5.11 Å². The van der Waals surface area contributed by atoms with Gasteiger partial charge >= 0.3 is 0 Å². The topological polar surface area (TPSA) is 20.2 Å². The summed E-state index contributed by atoms with van der Waals surface area (Å²) in [5, 5.41) is 9.31. The summed E-state index contributed by atoms with van der Waals surface area (Å²) in [6.07, 6.45) is -0.415. The van der Waals surface area contributed by atoms with Gasteiger partial charge in [0.25, 0.3) is 0 Å². The van der Waals surface area contributed by atoms with E-state index < -0.39 is 6.10 Å². The highest BCUT2D eigenvalue weighted by Gasteiger charge is 2.03. The largest absolute Gasteiger partial charge is 0.391 e. The molecule has 0 fully saturated rings. The van der Waals surface area contributed by atoms with Gasteiger partial charge in [-0.2, -0.15) is 0 Å². The van der Waals surface area contributed by atoms with E-state index in [-0.39, 0.29) is 0 Å². The Kier molecular flexibility index (Phi) is 5.51. The van der Waals surface area contributed by atoms with Gasteiger partial charge < -0.3 is 5.11 Å². The third-order valence-electron chi connectivity index (χ3n) is 2.17. The van der Waals surface area contributed by atoms with Crippen molar-refractivity contribution in [3.05, 3.63) is 29.8 Å². The summed E-state index contributed by atoms with van der Waals surface area (Å²) in [6, 6.07) is 8.47. The summed E-state index contributed by atoms with van der Waals surface area (Å²) >= 11 is 7.16. The molecule has 1 atom stereocenters. The molecule has 0 saturated heterocycles. The van der Waals surface area contributed by atoms with E-state index in [2.05, 4.69) is 38.1 Å². The van der Waals surface area contributed by atoms with Gasteiger partial charge in [0.05, 0.1) is 6.10 Å². The molecule has 0 radical (unpaired) electrons. The molecule has 3 heteroatoms. The lowest BCUT2D eigenvalue weighted by atomic mass is 10.0. The van der Waals surface area contributed by atoms with Gasteiger partial charge in [-0.1, -0.05) is 26.0 Å². The predicted molar refractivity (Wildman–Crippen MR) is 68.0 cm³/mol. The Hall–Kier alpha value is -0.180. The zero-order valence-electron chi connectivity index (χ0n) is 9.11. The van der Waals surface area contributed by atoms with Gasteiger partial charge in [0.1, 0.15) is 0 Å². The zero-order valence-corrected chi connectivity index (χ0v) is 10.7. The zero-order chi connectivity index (χ0) is 11.3. The van der Waals surface area contributed by atoms with Crippen LogP contribution in [0.2, 0.25) is 0 Å². The van der Waals surface area contributed by atoms with E-state index in [1.807, 2.05) is 0 Å². The third-order valence-corrected chi connectivity index (χ3v) is 3.68. The summed E-state index contributed by atoms with van der Waals surface area (Å²) in [5.74, 6) is 1.53. The first kappa shape index (κ1) is 12.9. The molecular weight excluding hydrogens is 228 g/mol. The molecule has 15 heavy (non-hydrogen) atoms. The summed E-state index contributed by atoms with van der Waals surface area (Å²) in [6.45, 7) is 4.36. The van der Waals surface area contributed by atoms with Crippen molar-refractivity contribution in [2.24, 2.45) is 0 Å². The van der Waals surface area contributed by atoms with Gasteiger partial charge in [-0.3, -0.25) is 0 Å². The second-order valence-electron chi connectivity index (χ2n) is 3.84. The first-order valence-corrected chi connectivity index (χ1v) is 6.62. The molecule has 84 valence electrons. The lowest BCUT2D eigenvalue weighted by Gasteiger charge is -2.08. The van der Waals surface area contributed by atoms with Crippen LogP contribution in [0.25, 0.3) is 0 Å². The molecule has 0 heterocycles. The van der Waals surface area contributed by atoms with Gasteiger partial charge in [-0.15, -0.1) is 23.4 Å². The highest BCUT2D eigenvalue weighted by Crippen LogP contribution is 2.22. The van der Waals surface area contributed by atoms with Crippen LogP contribution >= 0.6 is 23.4 Å². The normalized spacial score (nSPS) is 13.1. The summed E-state index contributed by atoms with van der Waals surface area (Å²) < 4.78 is 0. The quantitative estimate of drug-likeness (QED) is 0.632. The van der Waals surface area contributed by atoms with Crippen molar-refractivity contribution in [3.8, 4) is 0 Å². The average Bonchev–Trinajstić information content (AvgIpc) is 2.26. The molecule has 0 aromatic heterocycles. The van der Waals surface area contributed by atoms with Crippen molar-refractivity contribution in [1.82, 2.24) is 0 Å². The number of halogens is 1. The van der Waals surface area contributed by atoms with Crippen LogP contribution in [0.3, 0.4) is 0 Å². The smallest absolute Gasteiger partial charge is 0.0769 e. The van der Waals surface area contributed by atoms with Crippen molar-refractivity contribution >= 4 is 23.4 Å². The SMILES string of the molecule is CC(C)c1ccc(SCC(O)CCl)cc1. The molecule has 0 aliphatic heterocycles. The fourth-order valence-electron chi connectivity index (χ4n) is 1.19. The molecule has 0 aliphatic carbocycles. The number of aliphatic hydroxyl groups is 1. The summed E-state index contributed by atoms with van der Waals surface area (Å²) in [5.41, 5.74) is 1.34. The number of alkyl halides is 1. The van der Waals surface area contributed by atoms with Crippen molar-refractivity contribution in [2.75, 3.05) is 11.6 Å². The number of thioether (sulfide) groups is 1. The molecule has 0 bridgehead atoms. The van der Waals surface area contributed by atoms with Crippen LogP contribution in [0.1, 0.15) is 25.3 Å². The van der Waals surface area contributed by atoms with E-state index in [9.17, 15) is 5.11 Å². The van der Waals surface area contributed by atoms with Crippen LogP contribution in [-0.4, -0.2) is 22.8 Å². The number of hydrogen-bond donors (Lipinski definition) is 1. The van der Waals surface area contributed by atoms with Crippen molar-refractivity contribution in [1.29, 1.82) is 0 Å².